The lowest BCUT2D eigenvalue weighted by Crippen LogP contribution is -2.39. The minimum atomic E-state index is -0.202. The predicted octanol–water partition coefficient (Wildman–Crippen LogP) is 2.26. The normalized spacial score (nSPS) is 15.8. The van der Waals surface area contributed by atoms with Gasteiger partial charge in [-0.1, -0.05) is 17.3 Å². The lowest BCUT2D eigenvalue weighted by Gasteiger charge is -2.25. The average molecular weight is 369 g/mol. The molecule has 1 aromatic heterocycles. The second-order valence-corrected chi connectivity index (χ2v) is 6.27. The van der Waals surface area contributed by atoms with Crippen LogP contribution in [0.1, 0.15) is 17.5 Å². The van der Waals surface area contributed by atoms with E-state index in [1.807, 2.05) is 36.4 Å². The van der Waals surface area contributed by atoms with Crippen molar-refractivity contribution in [2.45, 2.75) is 19.1 Å². The van der Waals surface area contributed by atoms with Crippen LogP contribution >= 0.6 is 0 Å². The lowest BCUT2D eigenvalue weighted by molar-refractivity contribution is -0.137. The Morgan fingerprint density at radius 3 is 2.93 bits per heavy atom. The smallest absolute Gasteiger partial charge is 0.248 e. The number of carbonyl (C=O) groups excluding carboxylic acids is 1. The maximum absolute atomic E-state index is 12.5. The molecule has 7 nitrogen and oxygen atoms in total. The van der Waals surface area contributed by atoms with E-state index in [2.05, 4.69) is 10.1 Å². The molecule has 1 amide bonds. The molecule has 7 heteroatoms. The molecule has 2 aromatic rings. The molecule has 142 valence electrons. The number of rotatable bonds is 8. The van der Waals surface area contributed by atoms with E-state index in [0.717, 1.165) is 22.6 Å². The first kappa shape index (κ1) is 18.8. The van der Waals surface area contributed by atoms with E-state index in [1.165, 1.54) is 7.11 Å². The van der Waals surface area contributed by atoms with E-state index < -0.39 is 0 Å². The van der Waals surface area contributed by atoms with Gasteiger partial charge in [-0.25, -0.2) is 0 Å². The largest absolute Gasteiger partial charge is 0.497 e. The summed E-state index contributed by atoms with van der Waals surface area (Å²) in [5.41, 5.74) is 2.75. The Balaban J connectivity index is 1.66. The molecule has 0 aliphatic carbocycles. The zero-order chi connectivity index (χ0) is 19.1. The molecule has 0 N–H and O–H groups in total. The summed E-state index contributed by atoms with van der Waals surface area (Å²) in [6.45, 7) is 0.890. The molecule has 1 aromatic carbocycles. The van der Waals surface area contributed by atoms with Crippen LogP contribution in [0.4, 0.5) is 0 Å². The van der Waals surface area contributed by atoms with Crippen LogP contribution in [0, 0.1) is 0 Å². The maximum atomic E-state index is 12.5. The number of hydrogen-bond acceptors (Lipinski definition) is 6. The molecule has 1 atom stereocenters. The molecule has 27 heavy (non-hydrogen) atoms. The van der Waals surface area contributed by atoms with Crippen molar-refractivity contribution in [1.82, 2.24) is 9.88 Å². The summed E-state index contributed by atoms with van der Waals surface area (Å²) < 4.78 is 10.3. The number of nitrogens with zero attached hydrogens (tertiary/aromatic N) is 3. The molecular weight excluding hydrogens is 346 g/mol. The minimum absolute atomic E-state index is 0.0208. The molecule has 0 bridgehead atoms. The fourth-order valence-electron chi connectivity index (χ4n) is 2.94. The van der Waals surface area contributed by atoms with E-state index in [9.17, 15) is 4.79 Å². The molecular formula is C20H23N3O4. The number of oxime groups is 1. The second kappa shape index (κ2) is 9.14. The van der Waals surface area contributed by atoms with E-state index >= 15 is 0 Å². The van der Waals surface area contributed by atoms with E-state index in [4.69, 9.17) is 14.3 Å². The summed E-state index contributed by atoms with van der Waals surface area (Å²) in [4.78, 5) is 23.9. The number of pyridine rings is 1. The van der Waals surface area contributed by atoms with Crippen LogP contribution < -0.4 is 4.74 Å². The van der Waals surface area contributed by atoms with E-state index in [1.54, 1.807) is 24.4 Å². The minimum Gasteiger partial charge on any atom is -0.497 e. The number of hydrogen-bond donors (Lipinski definition) is 0. The summed E-state index contributed by atoms with van der Waals surface area (Å²) in [7, 11) is 3.13. The van der Waals surface area contributed by atoms with Crippen LogP contribution in [0.3, 0.4) is 0 Å². The van der Waals surface area contributed by atoms with Crippen molar-refractivity contribution in [2.24, 2.45) is 5.16 Å². The highest BCUT2D eigenvalue weighted by molar-refractivity contribution is 6.01. The van der Waals surface area contributed by atoms with Crippen molar-refractivity contribution in [3.63, 3.8) is 0 Å². The first-order valence-electron chi connectivity index (χ1n) is 8.72. The standard InChI is InChI=1S/C20H23N3O4/c1-25-14-20(24)23(12-15-5-3-7-17(9-15)26-2)13-18-10-19(22-27-18)16-6-4-8-21-11-16/h3-9,11,18H,10,12-14H2,1-2H3/t18-/m0/s1. The predicted molar refractivity (Wildman–Crippen MR) is 101 cm³/mol. The van der Waals surface area contributed by atoms with Crippen LogP contribution in [0.25, 0.3) is 0 Å². The summed E-state index contributed by atoms with van der Waals surface area (Å²) in [6.07, 6.45) is 3.90. The fourth-order valence-corrected chi connectivity index (χ4v) is 2.94. The van der Waals surface area contributed by atoms with Crippen LogP contribution in [0.5, 0.6) is 5.75 Å². The SMILES string of the molecule is COCC(=O)N(Cc1cccc(OC)c1)C[C@@H]1CC(c2cccnc2)=NO1. The molecule has 3 rings (SSSR count). The van der Waals surface area contributed by atoms with Gasteiger partial charge >= 0.3 is 0 Å². The van der Waals surface area contributed by atoms with Gasteiger partial charge in [0.15, 0.2) is 6.10 Å². The number of carbonyl (C=O) groups is 1. The van der Waals surface area contributed by atoms with Crippen molar-refractivity contribution < 1.29 is 19.1 Å². The molecule has 0 saturated heterocycles. The Labute approximate surface area is 158 Å². The molecule has 1 aliphatic heterocycles. The fraction of sp³-hybridized carbons (Fsp3) is 0.350. The van der Waals surface area contributed by atoms with Gasteiger partial charge < -0.3 is 19.2 Å². The van der Waals surface area contributed by atoms with Crippen LogP contribution in [0.2, 0.25) is 0 Å². The quantitative estimate of drug-likeness (QED) is 0.714. The van der Waals surface area contributed by atoms with Gasteiger partial charge in [0.2, 0.25) is 5.91 Å². The third-order valence-corrected chi connectivity index (χ3v) is 4.28. The first-order valence-corrected chi connectivity index (χ1v) is 8.72. The highest BCUT2D eigenvalue weighted by atomic mass is 16.6. The topological polar surface area (TPSA) is 73.2 Å². The number of methoxy groups -OCH3 is 2. The monoisotopic (exact) mass is 369 g/mol. The van der Waals surface area contributed by atoms with Gasteiger partial charge in [0.05, 0.1) is 19.4 Å². The van der Waals surface area contributed by atoms with Crippen molar-refractivity contribution in [3.05, 3.63) is 59.9 Å². The molecule has 1 aliphatic rings. The molecule has 0 spiro atoms. The molecule has 0 unspecified atom stereocenters. The molecule has 0 fully saturated rings. The zero-order valence-electron chi connectivity index (χ0n) is 15.5. The Morgan fingerprint density at radius 2 is 2.19 bits per heavy atom. The maximum Gasteiger partial charge on any atom is 0.248 e. The Hall–Kier alpha value is -2.93. The number of ether oxygens (including phenoxy) is 2. The Morgan fingerprint density at radius 1 is 1.30 bits per heavy atom. The zero-order valence-corrected chi connectivity index (χ0v) is 15.5. The van der Waals surface area contributed by atoms with Crippen molar-refractivity contribution >= 4 is 11.6 Å². The van der Waals surface area contributed by atoms with Gasteiger partial charge in [0, 0.05) is 38.0 Å². The first-order chi connectivity index (χ1) is 13.2. The van der Waals surface area contributed by atoms with Crippen molar-refractivity contribution in [3.8, 4) is 5.75 Å². The molecule has 2 heterocycles. The van der Waals surface area contributed by atoms with Gasteiger partial charge in [-0.05, 0) is 29.8 Å². The van der Waals surface area contributed by atoms with E-state index in [0.29, 0.717) is 19.5 Å². The summed E-state index contributed by atoms with van der Waals surface area (Å²) in [6, 6.07) is 11.5. The molecule has 0 saturated carbocycles. The Bertz CT molecular complexity index is 795. The number of aromatic nitrogens is 1. The van der Waals surface area contributed by atoms with Crippen LogP contribution in [0.15, 0.2) is 53.9 Å². The summed E-state index contributed by atoms with van der Waals surface area (Å²) in [5, 5.41) is 4.17. The summed E-state index contributed by atoms with van der Waals surface area (Å²) in [5.74, 6) is 0.657. The van der Waals surface area contributed by atoms with Crippen LogP contribution in [-0.4, -0.2) is 55.0 Å². The number of amides is 1. The van der Waals surface area contributed by atoms with Crippen molar-refractivity contribution in [2.75, 3.05) is 27.4 Å². The summed E-state index contributed by atoms with van der Waals surface area (Å²) >= 11 is 0. The molecule has 0 radical (unpaired) electrons. The average Bonchev–Trinajstić information content (AvgIpc) is 3.17. The highest BCUT2D eigenvalue weighted by Gasteiger charge is 2.27. The lowest BCUT2D eigenvalue weighted by atomic mass is 10.1. The van der Waals surface area contributed by atoms with E-state index in [-0.39, 0.29) is 18.6 Å². The van der Waals surface area contributed by atoms with Crippen molar-refractivity contribution in [1.29, 1.82) is 0 Å². The van der Waals surface area contributed by atoms with Crippen LogP contribution in [-0.2, 0) is 20.9 Å². The second-order valence-electron chi connectivity index (χ2n) is 6.27. The van der Waals surface area contributed by atoms with Gasteiger partial charge in [-0.3, -0.25) is 9.78 Å². The van der Waals surface area contributed by atoms with Gasteiger partial charge in [0.25, 0.3) is 0 Å². The third-order valence-electron chi connectivity index (χ3n) is 4.28. The van der Waals surface area contributed by atoms with Gasteiger partial charge in [-0.2, -0.15) is 0 Å². The van der Waals surface area contributed by atoms with Gasteiger partial charge in [-0.15, -0.1) is 0 Å². The Kier molecular flexibility index (Phi) is 6.38. The third kappa shape index (κ3) is 5.04. The number of benzene rings is 1. The highest BCUT2D eigenvalue weighted by Crippen LogP contribution is 2.19. The van der Waals surface area contributed by atoms with Gasteiger partial charge in [0.1, 0.15) is 12.4 Å².